The van der Waals surface area contributed by atoms with Crippen molar-refractivity contribution >= 4 is 15.9 Å². The molecule has 2 nitrogen and oxygen atoms in total. The van der Waals surface area contributed by atoms with Crippen LogP contribution in [-0.2, 0) is 11.2 Å². The topological polar surface area (TPSA) is 29.5 Å². The first kappa shape index (κ1) is 13.8. The highest BCUT2D eigenvalue weighted by Gasteiger charge is 2.23. The summed E-state index contributed by atoms with van der Waals surface area (Å²) in [5.41, 5.74) is 3.48. The molecule has 1 heterocycles. The number of benzene rings is 2. The summed E-state index contributed by atoms with van der Waals surface area (Å²) in [6.07, 6.45) is 1.02. The van der Waals surface area contributed by atoms with Gasteiger partial charge in [0, 0.05) is 10.9 Å². The summed E-state index contributed by atoms with van der Waals surface area (Å²) in [6, 6.07) is 16.2. The van der Waals surface area contributed by atoms with E-state index in [2.05, 4.69) is 34.1 Å². The van der Waals surface area contributed by atoms with E-state index in [1.165, 1.54) is 11.1 Å². The Labute approximate surface area is 127 Å². The van der Waals surface area contributed by atoms with Gasteiger partial charge in [0.15, 0.2) is 0 Å². The van der Waals surface area contributed by atoms with Crippen LogP contribution in [0.4, 0.5) is 0 Å². The molecule has 2 aromatic rings. The van der Waals surface area contributed by atoms with E-state index >= 15 is 0 Å². The third kappa shape index (κ3) is 2.95. The van der Waals surface area contributed by atoms with Gasteiger partial charge in [0.2, 0.25) is 0 Å². The van der Waals surface area contributed by atoms with E-state index in [-0.39, 0.29) is 6.10 Å². The summed E-state index contributed by atoms with van der Waals surface area (Å²) in [4.78, 5) is 0. The molecule has 104 valence electrons. The number of halogens is 1. The number of ether oxygens (including phenoxy) is 1. The van der Waals surface area contributed by atoms with Crippen molar-refractivity contribution in [3.05, 3.63) is 69.7 Å². The van der Waals surface area contributed by atoms with Crippen molar-refractivity contribution in [3.8, 4) is 0 Å². The first-order valence-electron chi connectivity index (χ1n) is 6.87. The van der Waals surface area contributed by atoms with Crippen LogP contribution in [0.1, 0.15) is 35.3 Å². The molecule has 0 saturated heterocycles. The zero-order valence-electron chi connectivity index (χ0n) is 11.1. The van der Waals surface area contributed by atoms with Crippen LogP contribution in [0.3, 0.4) is 0 Å². The van der Waals surface area contributed by atoms with E-state index in [9.17, 15) is 5.11 Å². The van der Waals surface area contributed by atoms with Crippen molar-refractivity contribution in [1.29, 1.82) is 0 Å². The third-order valence-corrected chi connectivity index (χ3v) is 4.26. The maximum absolute atomic E-state index is 10.4. The number of aliphatic hydroxyl groups excluding tert-OH is 1. The lowest BCUT2D eigenvalue weighted by atomic mass is 9.92. The van der Waals surface area contributed by atoms with E-state index in [1.54, 1.807) is 0 Å². The Morgan fingerprint density at radius 3 is 2.90 bits per heavy atom. The van der Waals surface area contributed by atoms with Gasteiger partial charge in [-0.2, -0.15) is 0 Å². The highest BCUT2D eigenvalue weighted by atomic mass is 79.9. The largest absolute Gasteiger partial charge is 0.388 e. The Morgan fingerprint density at radius 2 is 2.05 bits per heavy atom. The lowest BCUT2D eigenvalue weighted by Gasteiger charge is -2.27. The zero-order valence-corrected chi connectivity index (χ0v) is 12.7. The predicted molar refractivity (Wildman–Crippen MR) is 82.6 cm³/mol. The van der Waals surface area contributed by atoms with Gasteiger partial charge in [-0.15, -0.1) is 0 Å². The van der Waals surface area contributed by atoms with E-state index in [4.69, 9.17) is 4.74 Å². The fourth-order valence-electron chi connectivity index (χ4n) is 2.72. The minimum atomic E-state index is -0.511. The quantitative estimate of drug-likeness (QED) is 0.913. The number of rotatable bonds is 3. The van der Waals surface area contributed by atoms with E-state index in [1.807, 2.05) is 30.3 Å². The molecule has 3 heteroatoms. The summed E-state index contributed by atoms with van der Waals surface area (Å²) in [5.74, 6) is 0. The maximum Gasteiger partial charge on any atom is 0.0855 e. The van der Waals surface area contributed by atoms with E-state index in [0.29, 0.717) is 6.42 Å². The minimum absolute atomic E-state index is 0.0195. The summed E-state index contributed by atoms with van der Waals surface area (Å²) >= 11 is 3.44. The fourth-order valence-corrected chi connectivity index (χ4v) is 3.14. The summed E-state index contributed by atoms with van der Waals surface area (Å²) in [5, 5.41) is 10.4. The van der Waals surface area contributed by atoms with E-state index in [0.717, 1.165) is 23.1 Å². The standard InChI is InChI=1S/C17H17BrO2/c18-14-6-3-5-13(10-14)16(19)11-17-15-7-2-1-4-12(15)8-9-20-17/h1-7,10,16-17,19H,8-9,11H2. The first-order chi connectivity index (χ1) is 9.74. The lowest BCUT2D eigenvalue weighted by molar-refractivity contribution is 0.00376. The van der Waals surface area contributed by atoms with Crippen molar-refractivity contribution in [1.82, 2.24) is 0 Å². The van der Waals surface area contributed by atoms with Gasteiger partial charge in [0.25, 0.3) is 0 Å². The molecule has 0 bridgehead atoms. The average Bonchev–Trinajstić information content (AvgIpc) is 2.47. The highest BCUT2D eigenvalue weighted by molar-refractivity contribution is 9.10. The zero-order chi connectivity index (χ0) is 13.9. The van der Waals surface area contributed by atoms with Crippen LogP contribution in [-0.4, -0.2) is 11.7 Å². The number of hydrogen-bond acceptors (Lipinski definition) is 2. The molecule has 2 atom stereocenters. The van der Waals surface area contributed by atoms with E-state index < -0.39 is 6.10 Å². The molecule has 0 saturated carbocycles. The van der Waals surface area contributed by atoms with Crippen LogP contribution in [0.25, 0.3) is 0 Å². The first-order valence-corrected chi connectivity index (χ1v) is 7.66. The molecule has 0 aliphatic carbocycles. The molecule has 2 aromatic carbocycles. The molecular formula is C17H17BrO2. The SMILES string of the molecule is OC(CC1OCCc2ccccc21)c1cccc(Br)c1. The Kier molecular flexibility index (Phi) is 4.20. The molecule has 0 radical (unpaired) electrons. The second-order valence-electron chi connectivity index (χ2n) is 5.11. The molecule has 1 aliphatic rings. The molecule has 20 heavy (non-hydrogen) atoms. The van der Waals surface area contributed by atoms with Gasteiger partial charge in [-0.1, -0.05) is 52.3 Å². The number of hydrogen-bond donors (Lipinski definition) is 1. The molecular weight excluding hydrogens is 316 g/mol. The molecule has 3 rings (SSSR count). The minimum Gasteiger partial charge on any atom is -0.388 e. The van der Waals surface area contributed by atoms with Gasteiger partial charge in [-0.25, -0.2) is 0 Å². The molecule has 0 spiro atoms. The number of fused-ring (bicyclic) bond motifs is 1. The van der Waals surface area contributed by atoms with Gasteiger partial charge in [-0.05, 0) is 35.2 Å². The van der Waals surface area contributed by atoms with Crippen LogP contribution in [0, 0.1) is 0 Å². The van der Waals surface area contributed by atoms with Crippen LogP contribution in [0.15, 0.2) is 53.0 Å². The predicted octanol–water partition coefficient (Wildman–Crippen LogP) is 4.19. The van der Waals surface area contributed by atoms with Crippen LogP contribution < -0.4 is 0 Å². The summed E-state index contributed by atoms with van der Waals surface area (Å²) in [7, 11) is 0. The summed E-state index contributed by atoms with van der Waals surface area (Å²) in [6.45, 7) is 0.729. The van der Waals surface area contributed by atoms with Crippen molar-refractivity contribution in [2.75, 3.05) is 6.61 Å². The van der Waals surface area contributed by atoms with Crippen LogP contribution >= 0.6 is 15.9 Å². The summed E-state index contributed by atoms with van der Waals surface area (Å²) < 4.78 is 6.84. The van der Waals surface area contributed by atoms with Gasteiger partial charge >= 0.3 is 0 Å². The van der Waals surface area contributed by atoms with Crippen molar-refractivity contribution < 1.29 is 9.84 Å². The molecule has 0 amide bonds. The Hall–Kier alpha value is -1.16. The molecule has 1 aliphatic heterocycles. The molecule has 2 unspecified atom stereocenters. The van der Waals surface area contributed by atoms with Crippen molar-refractivity contribution in [3.63, 3.8) is 0 Å². The average molecular weight is 333 g/mol. The van der Waals surface area contributed by atoms with Gasteiger partial charge < -0.3 is 9.84 Å². The Bertz CT molecular complexity index is 597. The Morgan fingerprint density at radius 1 is 1.20 bits per heavy atom. The molecule has 0 aromatic heterocycles. The molecule has 0 fully saturated rings. The van der Waals surface area contributed by atoms with Gasteiger partial charge in [-0.3, -0.25) is 0 Å². The second-order valence-corrected chi connectivity index (χ2v) is 6.03. The van der Waals surface area contributed by atoms with Gasteiger partial charge in [0.05, 0.1) is 18.8 Å². The normalized spacial score (nSPS) is 19.4. The van der Waals surface area contributed by atoms with Crippen LogP contribution in [0.5, 0.6) is 0 Å². The number of aliphatic hydroxyl groups is 1. The lowest BCUT2D eigenvalue weighted by Crippen LogP contribution is -2.18. The third-order valence-electron chi connectivity index (χ3n) is 3.76. The van der Waals surface area contributed by atoms with Crippen molar-refractivity contribution in [2.24, 2.45) is 0 Å². The fraction of sp³-hybridized carbons (Fsp3) is 0.294. The highest BCUT2D eigenvalue weighted by Crippen LogP contribution is 2.34. The van der Waals surface area contributed by atoms with Crippen LogP contribution in [0.2, 0.25) is 0 Å². The van der Waals surface area contributed by atoms with Crippen molar-refractivity contribution in [2.45, 2.75) is 25.0 Å². The molecule has 1 N–H and O–H groups in total. The van der Waals surface area contributed by atoms with Gasteiger partial charge in [0.1, 0.15) is 0 Å². The monoisotopic (exact) mass is 332 g/mol. The maximum atomic E-state index is 10.4. The second kappa shape index (κ2) is 6.08. The smallest absolute Gasteiger partial charge is 0.0855 e. The Balaban J connectivity index is 1.79.